The van der Waals surface area contributed by atoms with E-state index in [-0.39, 0.29) is 0 Å². The van der Waals surface area contributed by atoms with E-state index < -0.39 is 0 Å². The van der Waals surface area contributed by atoms with Crippen molar-refractivity contribution >= 4 is 0 Å². The summed E-state index contributed by atoms with van der Waals surface area (Å²) in [4.78, 5) is 0. The summed E-state index contributed by atoms with van der Waals surface area (Å²) in [5.74, 6) is 4.94. The van der Waals surface area contributed by atoms with Crippen LogP contribution in [0.5, 0.6) is 5.75 Å². The average molecular weight is 399 g/mol. The van der Waals surface area contributed by atoms with Gasteiger partial charge in [-0.2, -0.15) is 0 Å². The Kier molecular flexibility index (Phi) is 9.91. The third kappa shape index (κ3) is 7.34. The third-order valence-electron chi connectivity index (χ3n) is 7.91. The van der Waals surface area contributed by atoms with Crippen molar-refractivity contribution in [1.82, 2.24) is 0 Å². The highest BCUT2D eigenvalue weighted by molar-refractivity contribution is 5.29. The molecule has 29 heavy (non-hydrogen) atoms. The molecule has 0 radical (unpaired) electrons. The maximum atomic E-state index is 5.89. The van der Waals surface area contributed by atoms with Crippen molar-refractivity contribution in [2.45, 2.75) is 116 Å². The fraction of sp³-hybridized carbons (Fsp3) is 0.786. The van der Waals surface area contributed by atoms with Crippen molar-refractivity contribution in [2.75, 3.05) is 6.61 Å². The van der Waals surface area contributed by atoms with Crippen LogP contribution in [0.25, 0.3) is 0 Å². The maximum Gasteiger partial charge on any atom is 0.119 e. The fourth-order valence-electron chi connectivity index (χ4n) is 5.93. The molecule has 2 aliphatic rings. The molecule has 0 N–H and O–H groups in total. The Morgan fingerprint density at radius 1 is 0.690 bits per heavy atom. The minimum Gasteiger partial charge on any atom is -0.494 e. The van der Waals surface area contributed by atoms with E-state index in [1.807, 2.05) is 0 Å². The minimum atomic E-state index is 0.783. The molecule has 1 heteroatoms. The SMILES string of the molecule is CCCCCOc1ccc([C@H]2CC[C@H]([C@H]3CC[C@H](CCCCC)CC3)CC2)cc1. The quantitative estimate of drug-likeness (QED) is 0.338. The van der Waals surface area contributed by atoms with Gasteiger partial charge in [0, 0.05) is 0 Å². The van der Waals surface area contributed by atoms with E-state index >= 15 is 0 Å². The lowest BCUT2D eigenvalue weighted by molar-refractivity contribution is 0.155. The van der Waals surface area contributed by atoms with Crippen LogP contribution in [0, 0.1) is 17.8 Å². The Bertz CT molecular complexity index is 532. The van der Waals surface area contributed by atoms with Crippen LogP contribution in [-0.2, 0) is 0 Å². The lowest BCUT2D eigenvalue weighted by Crippen LogP contribution is -2.25. The van der Waals surface area contributed by atoms with Crippen molar-refractivity contribution in [2.24, 2.45) is 17.8 Å². The second-order valence-corrected chi connectivity index (χ2v) is 10.0. The average Bonchev–Trinajstić information content (AvgIpc) is 2.78. The zero-order valence-electron chi connectivity index (χ0n) is 19.3. The summed E-state index contributed by atoms with van der Waals surface area (Å²) in [5, 5.41) is 0. The Balaban J connectivity index is 1.36. The van der Waals surface area contributed by atoms with Crippen LogP contribution in [0.2, 0.25) is 0 Å². The molecule has 3 rings (SSSR count). The molecule has 0 amide bonds. The van der Waals surface area contributed by atoms with Crippen molar-refractivity contribution in [3.8, 4) is 5.75 Å². The van der Waals surface area contributed by atoms with E-state index in [0.717, 1.165) is 36.0 Å². The van der Waals surface area contributed by atoms with Gasteiger partial charge in [0.15, 0.2) is 0 Å². The first kappa shape index (κ1) is 22.7. The summed E-state index contributed by atoms with van der Waals surface area (Å²) in [6.45, 7) is 5.42. The van der Waals surface area contributed by atoms with Crippen LogP contribution in [-0.4, -0.2) is 6.61 Å². The predicted molar refractivity (Wildman–Crippen MR) is 126 cm³/mol. The third-order valence-corrected chi connectivity index (χ3v) is 7.91. The maximum absolute atomic E-state index is 5.89. The van der Waals surface area contributed by atoms with Crippen molar-refractivity contribution < 1.29 is 4.74 Å². The number of rotatable bonds is 11. The van der Waals surface area contributed by atoms with Gasteiger partial charge in [-0.3, -0.25) is 0 Å². The lowest BCUT2D eigenvalue weighted by Gasteiger charge is -2.38. The zero-order valence-corrected chi connectivity index (χ0v) is 19.3. The molecule has 0 heterocycles. The standard InChI is InChI=1S/C28H46O/c1-3-5-7-9-23-10-12-24(13-11-23)25-14-16-26(17-15-25)27-18-20-28(21-19-27)29-22-8-6-4-2/h18-21,23-26H,3-17,22H2,1-2H3/t23-,24-,25-,26-. The van der Waals surface area contributed by atoms with E-state index in [1.165, 1.54) is 96.3 Å². The molecule has 0 bridgehead atoms. The second-order valence-electron chi connectivity index (χ2n) is 10.0. The van der Waals surface area contributed by atoms with E-state index in [0.29, 0.717) is 0 Å². The molecule has 164 valence electrons. The van der Waals surface area contributed by atoms with Gasteiger partial charge in [0.05, 0.1) is 6.61 Å². The Morgan fingerprint density at radius 3 is 1.90 bits per heavy atom. The second kappa shape index (κ2) is 12.7. The van der Waals surface area contributed by atoms with E-state index in [9.17, 15) is 0 Å². The molecular formula is C28H46O. The molecule has 1 aromatic rings. The number of ether oxygens (including phenoxy) is 1. The van der Waals surface area contributed by atoms with Crippen molar-refractivity contribution in [3.05, 3.63) is 29.8 Å². The van der Waals surface area contributed by atoms with Gasteiger partial charge in [-0.05, 0) is 86.3 Å². The van der Waals surface area contributed by atoms with Crippen LogP contribution in [0.4, 0.5) is 0 Å². The molecule has 2 aliphatic carbocycles. The number of hydrogen-bond donors (Lipinski definition) is 0. The first-order valence-corrected chi connectivity index (χ1v) is 13.0. The summed E-state index contributed by atoms with van der Waals surface area (Å²) in [6.07, 6.45) is 21.3. The van der Waals surface area contributed by atoms with Gasteiger partial charge in [-0.25, -0.2) is 0 Å². The molecule has 2 saturated carbocycles. The molecule has 0 spiro atoms. The highest BCUT2D eigenvalue weighted by Crippen LogP contribution is 2.44. The van der Waals surface area contributed by atoms with Gasteiger partial charge in [0.1, 0.15) is 5.75 Å². The lowest BCUT2D eigenvalue weighted by atomic mass is 9.68. The summed E-state index contributed by atoms with van der Waals surface area (Å²) < 4.78 is 5.89. The zero-order chi connectivity index (χ0) is 20.3. The predicted octanol–water partition coefficient (Wildman–Crippen LogP) is 8.92. The molecule has 0 aliphatic heterocycles. The smallest absolute Gasteiger partial charge is 0.119 e. The number of unbranched alkanes of at least 4 members (excludes halogenated alkanes) is 4. The molecule has 1 nitrogen and oxygen atoms in total. The largest absolute Gasteiger partial charge is 0.494 e. The first-order chi connectivity index (χ1) is 14.3. The van der Waals surface area contributed by atoms with Gasteiger partial charge in [-0.1, -0.05) is 77.3 Å². The van der Waals surface area contributed by atoms with Gasteiger partial charge in [0.25, 0.3) is 0 Å². The van der Waals surface area contributed by atoms with Crippen LogP contribution in [0.3, 0.4) is 0 Å². The van der Waals surface area contributed by atoms with Crippen molar-refractivity contribution in [1.29, 1.82) is 0 Å². The van der Waals surface area contributed by atoms with Gasteiger partial charge in [-0.15, -0.1) is 0 Å². The minimum absolute atomic E-state index is 0.783. The van der Waals surface area contributed by atoms with E-state index in [4.69, 9.17) is 4.74 Å². The van der Waals surface area contributed by atoms with Crippen LogP contribution in [0.15, 0.2) is 24.3 Å². The summed E-state index contributed by atoms with van der Waals surface area (Å²) in [6, 6.07) is 9.07. The Hall–Kier alpha value is -0.980. The topological polar surface area (TPSA) is 9.23 Å². The molecule has 0 atom stereocenters. The normalized spacial score (nSPS) is 27.7. The Morgan fingerprint density at radius 2 is 1.28 bits per heavy atom. The van der Waals surface area contributed by atoms with E-state index in [1.54, 1.807) is 5.56 Å². The molecule has 0 unspecified atom stereocenters. The van der Waals surface area contributed by atoms with E-state index in [2.05, 4.69) is 38.1 Å². The first-order valence-electron chi connectivity index (χ1n) is 13.0. The summed E-state index contributed by atoms with van der Waals surface area (Å²) in [7, 11) is 0. The highest BCUT2D eigenvalue weighted by atomic mass is 16.5. The molecule has 1 aromatic carbocycles. The Labute approximate surface area is 181 Å². The van der Waals surface area contributed by atoms with Crippen LogP contribution in [0.1, 0.15) is 122 Å². The summed E-state index contributed by atoms with van der Waals surface area (Å²) in [5.41, 5.74) is 1.55. The highest BCUT2D eigenvalue weighted by Gasteiger charge is 2.31. The van der Waals surface area contributed by atoms with Gasteiger partial charge >= 0.3 is 0 Å². The van der Waals surface area contributed by atoms with Gasteiger partial charge < -0.3 is 4.74 Å². The molecular weight excluding hydrogens is 352 g/mol. The van der Waals surface area contributed by atoms with Crippen molar-refractivity contribution in [3.63, 3.8) is 0 Å². The summed E-state index contributed by atoms with van der Waals surface area (Å²) >= 11 is 0. The monoisotopic (exact) mass is 398 g/mol. The number of benzene rings is 1. The van der Waals surface area contributed by atoms with Crippen LogP contribution < -0.4 is 4.74 Å². The molecule has 2 fully saturated rings. The molecule has 0 aromatic heterocycles. The van der Waals surface area contributed by atoms with Gasteiger partial charge in [0.2, 0.25) is 0 Å². The fourth-order valence-corrected chi connectivity index (χ4v) is 5.93. The molecule has 0 saturated heterocycles. The number of hydrogen-bond acceptors (Lipinski definition) is 1. The van der Waals surface area contributed by atoms with Crippen LogP contribution >= 0.6 is 0 Å².